The largest absolute Gasteiger partial charge is 0.464 e. The van der Waals surface area contributed by atoms with Crippen molar-refractivity contribution in [2.24, 2.45) is 0 Å². The average Bonchev–Trinajstić information content (AvgIpc) is 3.06. The number of hydrogen-bond donors (Lipinski definition) is 1. The lowest BCUT2D eigenvalue weighted by molar-refractivity contribution is -0.121. The molecule has 0 aliphatic heterocycles. The zero-order chi connectivity index (χ0) is 14.5. The third-order valence-electron chi connectivity index (χ3n) is 2.94. The summed E-state index contributed by atoms with van der Waals surface area (Å²) in [6, 6.07) is 7.13. The SMILES string of the molecule is Cc1ccc(C(C)NC(=O)CCC(=O)c2cccs2)o1. The molecule has 2 aromatic heterocycles. The van der Waals surface area contributed by atoms with Crippen LogP contribution in [0.4, 0.5) is 0 Å². The quantitative estimate of drug-likeness (QED) is 0.829. The Kier molecular flexibility index (Phi) is 4.74. The number of furan rings is 1. The summed E-state index contributed by atoms with van der Waals surface area (Å²) in [5.41, 5.74) is 0. The molecule has 0 aliphatic rings. The van der Waals surface area contributed by atoms with Crippen LogP contribution in [0.15, 0.2) is 34.1 Å². The molecule has 0 saturated heterocycles. The molecule has 1 atom stereocenters. The van der Waals surface area contributed by atoms with Crippen LogP contribution >= 0.6 is 11.3 Å². The first-order chi connectivity index (χ1) is 9.56. The van der Waals surface area contributed by atoms with Gasteiger partial charge in [-0.3, -0.25) is 9.59 Å². The Labute approximate surface area is 121 Å². The van der Waals surface area contributed by atoms with Crippen LogP contribution in [-0.2, 0) is 4.79 Å². The highest BCUT2D eigenvalue weighted by Gasteiger charge is 2.14. The van der Waals surface area contributed by atoms with E-state index >= 15 is 0 Å². The summed E-state index contributed by atoms with van der Waals surface area (Å²) in [5.74, 6) is 1.41. The van der Waals surface area contributed by atoms with Crippen LogP contribution in [0.1, 0.15) is 47.0 Å². The Hall–Kier alpha value is -1.88. The monoisotopic (exact) mass is 291 g/mol. The van der Waals surface area contributed by atoms with Gasteiger partial charge < -0.3 is 9.73 Å². The highest BCUT2D eigenvalue weighted by molar-refractivity contribution is 7.12. The highest BCUT2D eigenvalue weighted by atomic mass is 32.1. The molecule has 2 aromatic rings. The van der Waals surface area contributed by atoms with Gasteiger partial charge in [-0.15, -0.1) is 11.3 Å². The van der Waals surface area contributed by atoms with E-state index in [0.29, 0.717) is 4.88 Å². The standard InChI is InChI=1S/C15H17NO3S/c1-10-5-7-13(19-10)11(2)16-15(18)8-6-12(17)14-4-3-9-20-14/h3-5,7,9,11H,6,8H2,1-2H3,(H,16,18). The van der Waals surface area contributed by atoms with Gasteiger partial charge in [0.25, 0.3) is 0 Å². The molecule has 1 amide bonds. The maximum atomic E-state index is 11.8. The minimum absolute atomic E-state index is 0.0108. The summed E-state index contributed by atoms with van der Waals surface area (Å²) in [5, 5.41) is 4.68. The number of thiophene rings is 1. The van der Waals surface area contributed by atoms with E-state index in [9.17, 15) is 9.59 Å². The first-order valence-corrected chi connectivity index (χ1v) is 7.36. The fraction of sp³-hybridized carbons (Fsp3) is 0.333. The van der Waals surface area contributed by atoms with E-state index < -0.39 is 0 Å². The fourth-order valence-electron chi connectivity index (χ4n) is 1.86. The Bertz CT molecular complexity index is 586. The molecule has 106 valence electrons. The Morgan fingerprint density at radius 1 is 1.30 bits per heavy atom. The van der Waals surface area contributed by atoms with Gasteiger partial charge in [-0.2, -0.15) is 0 Å². The molecule has 0 aromatic carbocycles. The second kappa shape index (κ2) is 6.52. The van der Waals surface area contributed by atoms with Crippen molar-refractivity contribution in [2.45, 2.75) is 32.7 Å². The van der Waals surface area contributed by atoms with Crippen LogP contribution in [0, 0.1) is 6.92 Å². The maximum absolute atomic E-state index is 11.8. The number of carbonyl (C=O) groups is 2. The summed E-state index contributed by atoms with van der Waals surface area (Å²) >= 11 is 1.40. The number of ketones is 1. The van der Waals surface area contributed by atoms with Gasteiger partial charge in [0.15, 0.2) is 5.78 Å². The predicted octanol–water partition coefficient (Wildman–Crippen LogP) is 3.49. The van der Waals surface area contributed by atoms with Crippen molar-refractivity contribution < 1.29 is 14.0 Å². The lowest BCUT2D eigenvalue weighted by atomic mass is 10.1. The van der Waals surface area contributed by atoms with Gasteiger partial charge in [0, 0.05) is 12.8 Å². The molecule has 4 nitrogen and oxygen atoms in total. The van der Waals surface area contributed by atoms with Gasteiger partial charge in [0.1, 0.15) is 11.5 Å². The molecule has 2 rings (SSSR count). The van der Waals surface area contributed by atoms with Crippen LogP contribution in [0.2, 0.25) is 0 Å². The lowest BCUT2D eigenvalue weighted by Crippen LogP contribution is -2.26. The zero-order valence-electron chi connectivity index (χ0n) is 11.5. The van der Waals surface area contributed by atoms with Gasteiger partial charge in [-0.1, -0.05) is 6.07 Å². The number of hydrogen-bond acceptors (Lipinski definition) is 4. The topological polar surface area (TPSA) is 59.3 Å². The summed E-state index contributed by atoms with van der Waals surface area (Å²) in [7, 11) is 0. The molecule has 1 unspecified atom stereocenters. The van der Waals surface area contributed by atoms with Crippen LogP contribution in [0.3, 0.4) is 0 Å². The molecule has 20 heavy (non-hydrogen) atoms. The van der Waals surface area contributed by atoms with Gasteiger partial charge in [0.2, 0.25) is 5.91 Å². The van der Waals surface area contributed by atoms with Gasteiger partial charge >= 0.3 is 0 Å². The van der Waals surface area contributed by atoms with Crippen molar-refractivity contribution in [1.82, 2.24) is 5.32 Å². The van der Waals surface area contributed by atoms with E-state index in [2.05, 4.69) is 5.32 Å². The second-order valence-corrected chi connectivity index (χ2v) is 5.59. The molecule has 0 radical (unpaired) electrons. The Balaban J connectivity index is 1.79. The molecule has 0 saturated carbocycles. The van der Waals surface area contributed by atoms with Gasteiger partial charge in [-0.05, 0) is 37.4 Å². The van der Waals surface area contributed by atoms with Crippen molar-refractivity contribution >= 4 is 23.0 Å². The number of rotatable bonds is 6. The minimum atomic E-state index is -0.187. The summed E-state index contributed by atoms with van der Waals surface area (Å²) in [4.78, 5) is 24.3. The maximum Gasteiger partial charge on any atom is 0.221 e. The summed E-state index contributed by atoms with van der Waals surface area (Å²) in [6.07, 6.45) is 0.428. The Morgan fingerprint density at radius 3 is 2.70 bits per heavy atom. The van der Waals surface area contributed by atoms with Crippen LogP contribution in [0.25, 0.3) is 0 Å². The van der Waals surface area contributed by atoms with Crippen molar-refractivity contribution in [3.8, 4) is 0 Å². The van der Waals surface area contributed by atoms with Crippen LogP contribution < -0.4 is 5.32 Å². The highest BCUT2D eigenvalue weighted by Crippen LogP contribution is 2.16. The fourth-order valence-corrected chi connectivity index (χ4v) is 2.55. The third kappa shape index (κ3) is 3.81. The molecule has 5 heteroatoms. The number of nitrogens with one attached hydrogen (secondary N) is 1. The first kappa shape index (κ1) is 14.5. The summed E-state index contributed by atoms with van der Waals surface area (Å²) in [6.45, 7) is 3.72. The smallest absolute Gasteiger partial charge is 0.221 e. The predicted molar refractivity (Wildman–Crippen MR) is 77.9 cm³/mol. The van der Waals surface area contributed by atoms with Crippen LogP contribution in [-0.4, -0.2) is 11.7 Å². The summed E-state index contributed by atoms with van der Waals surface area (Å²) < 4.78 is 5.45. The zero-order valence-corrected chi connectivity index (χ0v) is 12.3. The van der Waals surface area contributed by atoms with Crippen molar-refractivity contribution in [1.29, 1.82) is 0 Å². The first-order valence-electron chi connectivity index (χ1n) is 6.48. The normalized spacial score (nSPS) is 12.1. The number of aryl methyl sites for hydroxylation is 1. The molecule has 1 N–H and O–H groups in total. The molecule has 0 fully saturated rings. The van der Waals surface area contributed by atoms with Gasteiger partial charge in [-0.25, -0.2) is 0 Å². The molecule has 2 heterocycles. The van der Waals surface area contributed by atoms with Crippen molar-refractivity contribution in [3.05, 3.63) is 46.0 Å². The Morgan fingerprint density at radius 2 is 2.10 bits per heavy atom. The lowest BCUT2D eigenvalue weighted by Gasteiger charge is -2.11. The van der Waals surface area contributed by atoms with Crippen LogP contribution in [0.5, 0.6) is 0 Å². The van der Waals surface area contributed by atoms with E-state index in [1.165, 1.54) is 11.3 Å². The van der Waals surface area contributed by atoms with E-state index in [1.807, 2.05) is 37.4 Å². The third-order valence-corrected chi connectivity index (χ3v) is 3.85. The van der Waals surface area contributed by atoms with Gasteiger partial charge in [0.05, 0.1) is 10.9 Å². The second-order valence-electron chi connectivity index (χ2n) is 4.64. The van der Waals surface area contributed by atoms with E-state index in [0.717, 1.165) is 11.5 Å². The van der Waals surface area contributed by atoms with E-state index in [4.69, 9.17) is 4.42 Å². The number of amides is 1. The van der Waals surface area contributed by atoms with E-state index in [-0.39, 0.29) is 30.6 Å². The number of Topliss-reactive ketones (excluding diaryl/α,β-unsaturated/α-hetero) is 1. The molecular weight excluding hydrogens is 274 g/mol. The molecular formula is C15H17NO3S. The number of carbonyl (C=O) groups excluding carboxylic acids is 2. The molecule has 0 spiro atoms. The van der Waals surface area contributed by atoms with Crippen molar-refractivity contribution in [2.75, 3.05) is 0 Å². The minimum Gasteiger partial charge on any atom is -0.464 e. The molecule has 0 aliphatic carbocycles. The molecule has 0 bridgehead atoms. The van der Waals surface area contributed by atoms with E-state index in [1.54, 1.807) is 6.07 Å². The average molecular weight is 291 g/mol. The van der Waals surface area contributed by atoms with Crippen molar-refractivity contribution in [3.63, 3.8) is 0 Å².